The predicted molar refractivity (Wildman–Crippen MR) is 256 cm³/mol. The molecule has 1 saturated heterocycles. The molecule has 0 radical (unpaired) electrons. The highest BCUT2D eigenvalue weighted by Crippen LogP contribution is 2.41. The number of fused-ring (bicyclic) bond motifs is 2. The number of nitrogens with one attached hydrogen (secondary N) is 5. The molecule has 364 valence electrons. The molecule has 0 spiro atoms. The number of carbonyl (C=O) groups is 6. The number of nitrogens with zero attached hydrogens (tertiary/aromatic N) is 6. The van der Waals surface area contributed by atoms with Crippen molar-refractivity contribution in [1.82, 2.24) is 35.7 Å². The van der Waals surface area contributed by atoms with E-state index in [4.69, 9.17) is 14.5 Å². The summed E-state index contributed by atoms with van der Waals surface area (Å²) in [5.41, 5.74) is 2.73. The molecule has 3 fully saturated rings. The van der Waals surface area contributed by atoms with Crippen LogP contribution in [-0.2, 0) is 30.5 Å². The number of piperidine rings is 1. The first kappa shape index (κ1) is 48.3. The summed E-state index contributed by atoms with van der Waals surface area (Å²) in [6.45, 7) is 6.08. The maximum atomic E-state index is 13.5. The largest absolute Gasteiger partial charge is 0.495 e. The van der Waals surface area contributed by atoms with E-state index in [1.54, 1.807) is 61.7 Å². The summed E-state index contributed by atoms with van der Waals surface area (Å²) in [5.74, 6) is 0.832. The summed E-state index contributed by atoms with van der Waals surface area (Å²) in [4.78, 5) is 94.3. The number of rotatable bonds is 21. The molecule has 2 aliphatic carbocycles. The lowest BCUT2D eigenvalue weighted by Gasteiger charge is -2.43. The number of amides is 5. The molecule has 2 aromatic carbocycles. The second kappa shape index (κ2) is 21.4. The van der Waals surface area contributed by atoms with Gasteiger partial charge < -0.3 is 60.5 Å². The van der Waals surface area contributed by atoms with Gasteiger partial charge in [-0.3, -0.25) is 24.0 Å². The fourth-order valence-corrected chi connectivity index (χ4v) is 10.0. The molecular formula is C49H65N11O8. The number of hydrogen-bond acceptors (Lipinski definition) is 14. The number of aldehydes is 1. The molecule has 2 atom stereocenters. The van der Waals surface area contributed by atoms with Gasteiger partial charge in [-0.15, -0.1) is 0 Å². The number of methoxy groups -OCH3 is 1. The van der Waals surface area contributed by atoms with E-state index < -0.39 is 11.6 Å². The first-order valence-electron chi connectivity index (χ1n) is 24.1. The summed E-state index contributed by atoms with van der Waals surface area (Å²) in [5, 5.41) is 15.4. The van der Waals surface area contributed by atoms with E-state index >= 15 is 0 Å². The Hall–Kier alpha value is -6.18. The van der Waals surface area contributed by atoms with E-state index in [9.17, 15) is 28.8 Å². The van der Waals surface area contributed by atoms with Gasteiger partial charge in [0, 0.05) is 87.7 Å². The van der Waals surface area contributed by atoms with Crippen LogP contribution >= 0.6 is 0 Å². The van der Waals surface area contributed by atoms with Crippen LogP contribution in [0.5, 0.6) is 5.75 Å². The lowest BCUT2D eigenvalue weighted by molar-refractivity contribution is -0.121. The summed E-state index contributed by atoms with van der Waals surface area (Å²) in [6.07, 6.45) is 10.7. The van der Waals surface area contributed by atoms with Gasteiger partial charge in [0.2, 0.25) is 23.7 Å². The molecule has 1 aromatic heterocycles. The van der Waals surface area contributed by atoms with Gasteiger partial charge in [0.15, 0.2) is 5.82 Å². The van der Waals surface area contributed by atoms with E-state index in [-0.39, 0.29) is 67.0 Å². The number of benzene rings is 2. The molecule has 19 heteroatoms. The number of hydrogen-bond donors (Lipinski definition) is 5. The normalized spacial score (nSPS) is 19.6. The maximum Gasteiger partial charge on any atom is 0.255 e. The molecule has 5 amide bonds. The smallest absolute Gasteiger partial charge is 0.255 e. The highest BCUT2D eigenvalue weighted by Gasteiger charge is 2.50. The van der Waals surface area contributed by atoms with Crippen molar-refractivity contribution >= 4 is 64.7 Å². The maximum absolute atomic E-state index is 13.5. The lowest BCUT2D eigenvalue weighted by atomic mass is 10.0. The molecule has 68 heavy (non-hydrogen) atoms. The number of likely N-dealkylation sites (tertiary alicyclic amines) is 1. The third-order valence-electron chi connectivity index (χ3n) is 14.2. The monoisotopic (exact) mass is 936 g/mol. The van der Waals surface area contributed by atoms with Gasteiger partial charge in [0.25, 0.3) is 11.8 Å². The minimum Gasteiger partial charge on any atom is -0.495 e. The molecule has 5 N–H and O–H groups in total. The number of aromatic nitrogens is 2. The van der Waals surface area contributed by atoms with Crippen molar-refractivity contribution in [1.29, 1.82) is 0 Å². The Balaban J connectivity index is 0.751. The van der Waals surface area contributed by atoms with E-state index in [2.05, 4.69) is 41.4 Å². The number of ether oxygens (including phenoxy) is 2. The van der Waals surface area contributed by atoms with Crippen LogP contribution < -0.4 is 41.1 Å². The van der Waals surface area contributed by atoms with Crippen LogP contribution in [-0.4, -0.2) is 146 Å². The Morgan fingerprint density at radius 2 is 1.79 bits per heavy atom. The molecular weight excluding hydrogens is 871 g/mol. The van der Waals surface area contributed by atoms with E-state index in [0.29, 0.717) is 90.8 Å². The predicted octanol–water partition coefficient (Wildman–Crippen LogP) is 3.75. The average molecular weight is 936 g/mol. The van der Waals surface area contributed by atoms with Gasteiger partial charge in [0.1, 0.15) is 23.8 Å². The number of anilines is 5. The van der Waals surface area contributed by atoms with E-state index in [1.807, 2.05) is 6.92 Å². The molecule has 2 unspecified atom stereocenters. The van der Waals surface area contributed by atoms with Crippen molar-refractivity contribution < 1.29 is 38.2 Å². The van der Waals surface area contributed by atoms with Gasteiger partial charge in [-0.05, 0) is 81.7 Å². The summed E-state index contributed by atoms with van der Waals surface area (Å²) in [7, 11) is 4.87. The van der Waals surface area contributed by atoms with Crippen LogP contribution in [0.1, 0.15) is 104 Å². The van der Waals surface area contributed by atoms with Crippen molar-refractivity contribution in [3.05, 3.63) is 59.3 Å². The Kier molecular flexibility index (Phi) is 15.2. The highest BCUT2D eigenvalue weighted by atomic mass is 16.5. The summed E-state index contributed by atoms with van der Waals surface area (Å²) < 4.78 is 11.7. The number of likely N-dealkylation sites (N-methyl/N-ethyl adjacent to an activating group) is 1. The standard InChI is InChI=1S/C49H65N11O8/c1-5-39-46(65)57(3)40-28-51-48(56-43(40)60(39)33-9-6-7-10-33)55-38-15-13-31(27-41(38)67-4)44(63)53-32-17-22-58(23-18-32)24-26-68-25-21-52-49(19-20-49)47(66)54-37-12-8-11-35-36(37)29-59(45(35)64)34(30-61)14-16-42(62)50-2/h8,11-13,15,27-28,30,32-34,39,52H,5-7,9-10,14,16-26,29H2,1-4H3,(H,50,62)(H,53,63)(H,54,66)(H,51,55,56). The second-order valence-corrected chi connectivity index (χ2v) is 18.5. The quantitative estimate of drug-likeness (QED) is 0.0760. The summed E-state index contributed by atoms with van der Waals surface area (Å²) in [6, 6.07) is 9.73. The fraction of sp³-hybridized carbons (Fsp3) is 0.551. The Labute approximate surface area is 397 Å². The highest BCUT2D eigenvalue weighted by molar-refractivity contribution is 6.06. The van der Waals surface area contributed by atoms with Crippen LogP contribution in [0.15, 0.2) is 42.6 Å². The van der Waals surface area contributed by atoms with E-state index in [0.717, 1.165) is 64.0 Å². The lowest BCUT2D eigenvalue weighted by Crippen LogP contribution is -2.55. The van der Waals surface area contributed by atoms with Crippen LogP contribution in [0, 0.1) is 0 Å². The minimum absolute atomic E-state index is 0.0297. The third kappa shape index (κ3) is 10.4. The molecule has 3 aliphatic heterocycles. The number of carbonyl (C=O) groups excluding carboxylic acids is 6. The van der Waals surface area contributed by atoms with E-state index in [1.165, 1.54) is 11.9 Å². The zero-order chi connectivity index (χ0) is 48.0. The fourth-order valence-electron chi connectivity index (χ4n) is 10.0. The molecule has 19 nitrogen and oxygen atoms in total. The van der Waals surface area contributed by atoms with Gasteiger partial charge in [-0.25, -0.2) is 4.98 Å². The average Bonchev–Trinajstić information content (AvgIpc) is 3.80. The van der Waals surface area contributed by atoms with Crippen LogP contribution in [0.25, 0.3) is 0 Å². The molecule has 0 bridgehead atoms. The third-order valence-corrected chi connectivity index (χ3v) is 14.2. The molecule has 8 rings (SSSR count). The van der Waals surface area contributed by atoms with Crippen LogP contribution in [0.3, 0.4) is 0 Å². The Morgan fingerprint density at radius 1 is 1.01 bits per heavy atom. The topological polar surface area (TPSA) is 220 Å². The van der Waals surface area contributed by atoms with Crippen LogP contribution in [0.2, 0.25) is 0 Å². The molecule has 5 aliphatic rings. The molecule has 3 aromatic rings. The SMILES string of the molecule is CCC1C(=O)N(C)c2cnc(Nc3ccc(C(=O)NC4CCN(CCOCCNC5(C(=O)Nc6cccc7c6CN(C(C=O)CCC(=O)NC)C7=O)CC5)CC4)cc3OC)nc2N1C1CCCC1. The molecule has 2 saturated carbocycles. The van der Waals surface area contributed by atoms with Gasteiger partial charge in [-0.2, -0.15) is 4.98 Å². The zero-order valence-corrected chi connectivity index (χ0v) is 39.6. The van der Waals surface area contributed by atoms with Crippen molar-refractivity contribution in [2.24, 2.45) is 0 Å². The molecule has 4 heterocycles. The van der Waals surface area contributed by atoms with Gasteiger partial charge in [0.05, 0.1) is 43.8 Å². The second-order valence-electron chi connectivity index (χ2n) is 18.5. The van der Waals surface area contributed by atoms with Crippen LogP contribution in [0.4, 0.5) is 28.8 Å². The van der Waals surface area contributed by atoms with Crippen molar-refractivity contribution in [3.8, 4) is 5.75 Å². The summed E-state index contributed by atoms with van der Waals surface area (Å²) >= 11 is 0. The minimum atomic E-state index is -0.747. The Morgan fingerprint density at radius 3 is 2.50 bits per heavy atom. The first-order valence-corrected chi connectivity index (χ1v) is 24.1. The van der Waals surface area contributed by atoms with Crippen molar-refractivity contribution in [2.75, 3.05) is 81.0 Å². The van der Waals surface area contributed by atoms with Crippen molar-refractivity contribution in [2.45, 2.75) is 114 Å². The first-order chi connectivity index (χ1) is 33.0. The van der Waals surface area contributed by atoms with Gasteiger partial charge >= 0.3 is 0 Å². The van der Waals surface area contributed by atoms with Gasteiger partial charge in [-0.1, -0.05) is 25.8 Å². The zero-order valence-electron chi connectivity index (χ0n) is 39.6. The Bertz CT molecular complexity index is 2360. The van der Waals surface area contributed by atoms with Crippen molar-refractivity contribution in [3.63, 3.8) is 0 Å².